The number of anilines is 1. The Kier molecular flexibility index (Phi) is 12.2. The van der Waals surface area contributed by atoms with Crippen LogP contribution in [0.3, 0.4) is 0 Å². The van der Waals surface area contributed by atoms with Crippen molar-refractivity contribution in [2.24, 2.45) is 0 Å². The van der Waals surface area contributed by atoms with Crippen molar-refractivity contribution in [1.82, 2.24) is 15.3 Å². The van der Waals surface area contributed by atoms with Gasteiger partial charge in [0.25, 0.3) is 0 Å². The molecule has 29 heavy (non-hydrogen) atoms. The molecule has 0 fully saturated rings. The van der Waals surface area contributed by atoms with Crippen molar-refractivity contribution in [1.29, 1.82) is 0 Å². The molecule has 11 nitrogen and oxygen atoms in total. The van der Waals surface area contributed by atoms with E-state index in [2.05, 4.69) is 20.6 Å². The van der Waals surface area contributed by atoms with E-state index in [1.165, 1.54) is 12.4 Å². The number of alkyl carbamates (subject to hydrolysis) is 1. The summed E-state index contributed by atoms with van der Waals surface area (Å²) in [5.41, 5.74) is -0.284. The molecule has 0 aliphatic heterocycles. The summed E-state index contributed by atoms with van der Waals surface area (Å²) in [5.74, 6) is 0.382. The van der Waals surface area contributed by atoms with Crippen molar-refractivity contribution in [3.8, 4) is 0 Å². The van der Waals surface area contributed by atoms with Crippen LogP contribution < -0.4 is 16.1 Å². The number of carbonyl (C=O) groups excluding carboxylic acids is 1. The van der Waals surface area contributed by atoms with Gasteiger partial charge in [-0.05, 0) is 20.8 Å². The Morgan fingerprint density at radius 1 is 0.966 bits per heavy atom. The van der Waals surface area contributed by atoms with Crippen LogP contribution in [0.15, 0.2) is 12.4 Å². The van der Waals surface area contributed by atoms with Gasteiger partial charge >= 0.3 is 13.2 Å². The minimum Gasteiger partial charge on any atom is -0.444 e. The molecule has 4 N–H and O–H groups in total. The zero-order valence-electron chi connectivity index (χ0n) is 17.2. The van der Waals surface area contributed by atoms with Crippen molar-refractivity contribution < 1.29 is 33.8 Å². The van der Waals surface area contributed by atoms with E-state index >= 15 is 0 Å². The summed E-state index contributed by atoms with van der Waals surface area (Å²) < 4.78 is 21.2. The fourth-order valence-corrected chi connectivity index (χ4v) is 1.88. The molecule has 0 bridgehead atoms. The van der Waals surface area contributed by atoms with Crippen molar-refractivity contribution in [2.75, 3.05) is 58.0 Å². The molecule has 0 aromatic carbocycles. The Morgan fingerprint density at radius 2 is 1.48 bits per heavy atom. The average Bonchev–Trinajstić information content (AvgIpc) is 2.64. The summed E-state index contributed by atoms with van der Waals surface area (Å²) in [6.45, 7) is 8.87. The van der Waals surface area contributed by atoms with Gasteiger partial charge in [-0.15, -0.1) is 0 Å². The summed E-state index contributed by atoms with van der Waals surface area (Å²) >= 11 is 0. The van der Waals surface area contributed by atoms with Crippen LogP contribution in [0.4, 0.5) is 10.7 Å². The molecular formula is C17H31BN4O7. The number of aromatic nitrogens is 2. The van der Waals surface area contributed by atoms with Crippen LogP contribution in [-0.4, -0.2) is 91.6 Å². The second kappa shape index (κ2) is 14.1. The zero-order chi connectivity index (χ0) is 21.5. The first-order valence-corrected chi connectivity index (χ1v) is 9.40. The van der Waals surface area contributed by atoms with Crippen LogP contribution >= 0.6 is 0 Å². The van der Waals surface area contributed by atoms with E-state index < -0.39 is 18.8 Å². The smallest absolute Gasteiger partial charge is 0.444 e. The molecule has 0 radical (unpaired) electrons. The van der Waals surface area contributed by atoms with E-state index in [9.17, 15) is 4.79 Å². The zero-order valence-corrected chi connectivity index (χ0v) is 17.2. The lowest BCUT2D eigenvalue weighted by atomic mass is 9.83. The Morgan fingerprint density at radius 3 is 2.00 bits per heavy atom. The number of nitrogens with one attached hydrogen (secondary N) is 2. The van der Waals surface area contributed by atoms with E-state index in [1.54, 1.807) is 20.8 Å². The molecule has 0 saturated heterocycles. The number of rotatable bonds is 14. The SMILES string of the molecule is CC(C)(C)OC(=O)NCCOCCOCCOCCNc1ncc(B(O)O)cn1. The van der Waals surface area contributed by atoms with Crippen LogP contribution in [0, 0.1) is 0 Å². The second-order valence-electron chi connectivity index (χ2n) is 6.91. The predicted molar refractivity (Wildman–Crippen MR) is 107 cm³/mol. The third-order valence-electron chi connectivity index (χ3n) is 3.16. The molecule has 1 rings (SSSR count). The van der Waals surface area contributed by atoms with E-state index in [-0.39, 0.29) is 5.46 Å². The highest BCUT2D eigenvalue weighted by atomic mass is 16.6. The van der Waals surface area contributed by atoms with Crippen LogP contribution in [0.1, 0.15) is 20.8 Å². The van der Waals surface area contributed by atoms with Crippen LogP contribution in [0.25, 0.3) is 0 Å². The van der Waals surface area contributed by atoms with Gasteiger partial charge in [0.15, 0.2) is 0 Å². The van der Waals surface area contributed by atoms with Crippen molar-refractivity contribution in [3.63, 3.8) is 0 Å². The predicted octanol–water partition coefficient (Wildman–Crippen LogP) is -0.857. The molecule has 1 aromatic rings. The van der Waals surface area contributed by atoms with Gasteiger partial charge in [-0.25, -0.2) is 14.8 Å². The van der Waals surface area contributed by atoms with E-state index in [1.807, 2.05) is 0 Å². The molecule has 164 valence electrons. The third kappa shape index (κ3) is 13.8. The summed E-state index contributed by atoms with van der Waals surface area (Å²) in [7, 11) is -1.58. The molecule has 0 unspecified atom stereocenters. The van der Waals surface area contributed by atoms with Gasteiger partial charge in [-0.2, -0.15) is 0 Å². The van der Waals surface area contributed by atoms with Gasteiger partial charge < -0.3 is 39.6 Å². The van der Waals surface area contributed by atoms with E-state index in [0.29, 0.717) is 58.7 Å². The Balaban J connectivity index is 1.86. The fourth-order valence-electron chi connectivity index (χ4n) is 1.88. The molecule has 0 atom stereocenters. The number of carbonyl (C=O) groups is 1. The minimum atomic E-state index is -1.58. The summed E-state index contributed by atoms with van der Waals surface area (Å²) in [4.78, 5) is 19.3. The average molecular weight is 414 g/mol. The van der Waals surface area contributed by atoms with Gasteiger partial charge in [-0.1, -0.05) is 0 Å². The molecule has 0 aliphatic carbocycles. The maximum Gasteiger partial charge on any atom is 0.491 e. The number of amides is 1. The summed E-state index contributed by atoms with van der Waals surface area (Å²) in [6.07, 6.45) is 2.21. The Labute approximate surface area is 171 Å². The molecule has 0 aliphatic rings. The molecule has 0 spiro atoms. The fraction of sp³-hybridized carbons (Fsp3) is 0.706. The molecule has 12 heteroatoms. The molecule has 0 saturated carbocycles. The topological polar surface area (TPSA) is 144 Å². The lowest BCUT2D eigenvalue weighted by molar-refractivity contribution is 0.0157. The number of nitrogens with zero attached hydrogens (tertiary/aromatic N) is 2. The second-order valence-corrected chi connectivity index (χ2v) is 6.91. The van der Waals surface area contributed by atoms with Crippen molar-refractivity contribution in [2.45, 2.75) is 26.4 Å². The number of ether oxygens (including phenoxy) is 4. The first-order valence-electron chi connectivity index (χ1n) is 9.40. The standard InChI is InChI=1S/C17H31BN4O7/c1-17(2,3)29-16(23)20-5-7-27-9-11-28-10-8-26-6-4-19-15-21-12-14(13-22-15)18(24)25/h12-13,24-25H,4-11H2,1-3H3,(H,20,23)(H,19,21,22). The highest BCUT2D eigenvalue weighted by Crippen LogP contribution is 2.06. The maximum atomic E-state index is 11.4. The van der Waals surface area contributed by atoms with Crippen molar-refractivity contribution in [3.05, 3.63) is 12.4 Å². The quantitative estimate of drug-likeness (QED) is 0.224. The lowest BCUT2D eigenvalue weighted by Crippen LogP contribution is -2.34. The normalized spacial score (nSPS) is 11.2. The van der Waals surface area contributed by atoms with E-state index in [4.69, 9.17) is 29.0 Å². The highest BCUT2D eigenvalue weighted by molar-refractivity contribution is 6.58. The van der Waals surface area contributed by atoms with Gasteiger partial charge in [0.05, 0.1) is 39.6 Å². The number of hydrogen-bond donors (Lipinski definition) is 4. The van der Waals surface area contributed by atoms with E-state index in [0.717, 1.165) is 0 Å². The highest BCUT2D eigenvalue weighted by Gasteiger charge is 2.15. The van der Waals surface area contributed by atoms with Gasteiger partial charge in [0.2, 0.25) is 5.95 Å². The Hall–Kier alpha value is -1.99. The third-order valence-corrected chi connectivity index (χ3v) is 3.16. The van der Waals surface area contributed by atoms with Crippen LogP contribution in [-0.2, 0) is 18.9 Å². The number of hydrogen-bond acceptors (Lipinski definition) is 10. The monoisotopic (exact) mass is 414 g/mol. The van der Waals surface area contributed by atoms with Gasteiger partial charge in [-0.3, -0.25) is 0 Å². The molecule has 1 heterocycles. The lowest BCUT2D eigenvalue weighted by Gasteiger charge is -2.19. The molecule has 1 amide bonds. The largest absolute Gasteiger partial charge is 0.491 e. The van der Waals surface area contributed by atoms with Crippen LogP contribution in [0.5, 0.6) is 0 Å². The van der Waals surface area contributed by atoms with Crippen LogP contribution in [0.2, 0.25) is 0 Å². The first-order chi connectivity index (χ1) is 13.8. The maximum absolute atomic E-state index is 11.4. The summed E-state index contributed by atoms with van der Waals surface area (Å²) in [6, 6.07) is 0. The molecule has 1 aromatic heterocycles. The van der Waals surface area contributed by atoms with Crippen molar-refractivity contribution >= 4 is 24.6 Å². The first kappa shape index (κ1) is 25.1. The summed E-state index contributed by atoms with van der Waals surface area (Å²) in [5, 5.41) is 23.5. The Bertz CT molecular complexity index is 570. The molecular weight excluding hydrogens is 383 g/mol. The van der Waals surface area contributed by atoms with Gasteiger partial charge in [0, 0.05) is 30.9 Å². The minimum absolute atomic E-state index is 0.229. The van der Waals surface area contributed by atoms with Gasteiger partial charge in [0.1, 0.15) is 5.60 Å².